The Hall–Kier alpha value is -2.14. The van der Waals surface area contributed by atoms with E-state index in [1.807, 2.05) is 7.05 Å². The van der Waals surface area contributed by atoms with E-state index in [4.69, 9.17) is 5.73 Å². The van der Waals surface area contributed by atoms with Crippen molar-refractivity contribution < 1.29 is 0 Å². The van der Waals surface area contributed by atoms with Crippen LogP contribution in [-0.4, -0.2) is 41.5 Å². The average Bonchev–Trinajstić information content (AvgIpc) is 2.57. The van der Waals surface area contributed by atoms with Crippen molar-refractivity contribution >= 4 is 11.8 Å². The number of aromatic nitrogens is 2. The third-order valence-electron chi connectivity index (χ3n) is 4.49. The molecule has 0 radical (unpaired) electrons. The van der Waals surface area contributed by atoms with Crippen LogP contribution < -0.4 is 10.6 Å². The molecule has 0 bridgehead atoms. The van der Waals surface area contributed by atoms with Crippen LogP contribution >= 0.6 is 0 Å². The Labute approximate surface area is 138 Å². The van der Waals surface area contributed by atoms with Crippen molar-refractivity contribution in [2.24, 2.45) is 5.92 Å². The summed E-state index contributed by atoms with van der Waals surface area (Å²) in [6.45, 7) is 4.36. The highest BCUT2D eigenvalue weighted by Gasteiger charge is 2.21. The number of hydrogen-bond donors (Lipinski definition) is 1. The zero-order valence-electron chi connectivity index (χ0n) is 13.7. The summed E-state index contributed by atoms with van der Waals surface area (Å²) >= 11 is 0. The molecule has 1 saturated heterocycles. The van der Waals surface area contributed by atoms with Crippen LogP contribution in [0.25, 0.3) is 0 Å². The van der Waals surface area contributed by atoms with Crippen LogP contribution in [0, 0.1) is 5.92 Å². The minimum Gasteiger partial charge on any atom is -0.384 e. The molecule has 2 aromatic rings. The average molecular weight is 311 g/mol. The van der Waals surface area contributed by atoms with Crippen LogP contribution in [-0.2, 0) is 6.54 Å². The maximum Gasteiger partial charge on any atom is 0.226 e. The Balaban J connectivity index is 1.47. The summed E-state index contributed by atoms with van der Waals surface area (Å²) in [6.07, 6.45) is 4.16. The molecule has 2 heterocycles. The van der Waals surface area contributed by atoms with Gasteiger partial charge in [-0.25, -0.2) is 4.98 Å². The molecule has 2 N–H and O–H groups in total. The third-order valence-corrected chi connectivity index (χ3v) is 4.49. The van der Waals surface area contributed by atoms with Gasteiger partial charge in [0.05, 0.1) is 0 Å². The molecule has 122 valence electrons. The van der Waals surface area contributed by atoms with Gasteiger partial charge in [-0.1, -0.05) is 30.3 Å². The Morgan fingerprint density at radius 2 is 1.91 bits per heavy atom. The number of anilines is 2. The predicted octanol–water partition coefficient (Wildman–Crippen LogP) is 2.41. The molecular formula is C18H25N5. The minimum atomic E-state index is 0.527. The van der Waals surface area contributed by atoms with Crippen molar-refractivity contribution in [1.29, 1.82) is 0 Å². The number of nitrogens with two attached hydrogens (primary N) is 1. The van der Waals surface area contributed by atoms with Crippen molar-refractivity contribution in [2.75, 3.05) is 37.3 Å². The monoisotopic (exact) mass is 311 g/mol. The molecule has 1 aliphatic heterocycles. The van der Waals surface area contributed by atoms with Crippen molar-refractivity contribution in [3.8, 4) is 0 Å². The standard InChI is InChI=1S/C18H25N5/c1-22(18-20-10-7-17(19)21-18)13-16-8-11-23(12-9-16)14-15-5-3-2-4-6-15/h2-7,10,16H,8-9,11-14H2,1H3,(H2,19,20,21). The van der Waals surface area contributed by atoms with Gasteiger partial charge in [0.15, 0.2) is 0 Å². The van der Waals surface area contributed by atoms with Gasteiger partial charge in [0.2, 0.25) is 5.95 Å². The normalized spacial score (nSPS) is 16.4. The second-order valence-electron chi connectivity index (χ2n) is 6.37. The second kappa shape index (κ2) is 7.42. The highest BCUT2D eigenvalue weighted by atomic mass is 15.2. The third kappa shape index (κ3) is 4.42. The summed E-state index contributed by atoms with van der Waals surface area (Å²) in [6, 6.07) is 12.4. The molecule has 0 saturated carbocycles. The number of hydrogen-bond acceptors (Lipinski definition) is 5. The fraction of sp³-hybridized carbons (Fsp3) is 0.444. The lowest BCUT2D eigenvalue weighted by molar-refractivity contribution is 0.179. The van der Waals surface area contributed by atoms with Gasteiger partial charge in [-0.2, -0.15) is 4.98 Å². The molecule has 3 rings (SSSR count). The number of benzene rings is 1. The highest BCUT2D eigenvalue weighted by Crippen LogP contribution is 2.21. The van der Waals surface area contributed by atoms with E-state index in [0.717, 1.165) is 32.1 Å². The lowest BCUT2D eigenvalue weighted by Gasteiger charge is -2.33. The molecule has 0 amide bonds. The SMILES string of the molecule is CN(CC1CCN(Cc2ccccc2)CC1)c1nccc(N)n1. The molecule has 1 aliphatic rings. The lowest BCUT2D eigenvalue weighted by Crippen LogP contribution is -2.37. The number of nitrogen functional groups attached to an aromatic ring is 1. The molecule has 5 nitrogen and oxygen atoms in total. The zero-order chi connectivity index (χ0) is 16.1. The van der Waals surface area contributed by atoms with Crippen molar-refractivity contribution in [2.45, 2.75) is 19.4 Å². The maximum absolute atomic E-state index is 5.74. The van der Waals surface area contributed by atoms with E-state index >= 15 is 0 Å². The van der Waals surface area contributed by atoms with Gasteiger partial charge in [0.25, 0.3) is 0 Å². The molecule has 23 heavy (non-hydrogen) atoms. The molecule has 0 unspecified atom stereocenters. The molecule has 1 aromatic carbocycles. The first-order chi connectivity index (χ1) is 11.2. The van der Waals surface area contributed by atoms with Gasteiger partial charge >= 0.3 is 0 Å². The zero-order valence-corrected chi connectivity index (χ0v) is 13.7. The summed E-state index contributed by atoms with van der Waals surface area (Å²) < 4.78 is 0. The number of rotatable bonds is 5. The largest absolute Gasteiger partial charge is 0.384 e. The van der Waals surface area contributed by atoms with Gasteiger partial charge in [-0.15, -0.1) is 0 Å². The maximum atomic E-state index is 5.74. The Morgan fingerprint density at radius 1 is 1.17 bits per heavy atom. The summed E-state index contributed by atoms with van der Waals surface area (Å²) in [5, 5.41) is 0. The summed E-state index contributed by atoms with van der Waals surface area (Å²) in [5.41, 5.74) is 7.14. The molecule has 1 fully saturated rings. The number of nitrogens with zero attached hydrogens (tertiary/aromatic N) is 4. The summed E-state index contributed by atoms with van der Waals surface area (Å²) in [4.78, 5) is 13.3. The van der Waals surface area contributed by atoms with Gasteiger partial charge in [-0.05, 0) is 43.5 Å². The predicted molar refractivity (Wildman–Crippen MR) is 94.2 cm³/mol. The molecule has 0 aliphatic carbocycles. The Bertz CT molecular complexity index is 608. The summed E-state index contributed by atoms with van der Waals surface area (Å²) in [5.74, 6) is 1.94. The van der Waals surface area contributed by atoms with Crippen molar-refractivity contribution in [3.05, 3.63) is 48.2 Å². The summed E-state index contributed by atoms with van der Waals surface area (Å²) in [7, 11) is 2.05. The number of likely N-dealkylation sites (tertiary alicyclic amines) is 1. The van der Waals surface area contributed by atoms with Crippen LogP contribution in [0.2, 0.25) is 0 Å². The van der Waals surface area contributed by atoms with E-state index in [-0.39, 0.29) is 0 Å². The van der Waals surface area contributed by atoms with Crippen LogP contribution in [0.1, 0.15) is 18.4 Å². The van der Waals surface area contributed by atoms with Gasteiger partial charge in [0, 0.05) is 26.3 Å². The fourth-order valence-electron chi connectivity index (χ4n) is 3.18. The van der Waals surface area contributed by atoms with Gasteiger partial charge in [-0.3, -0.25) is 4.90 Å². The van der Waals surface area contributed by atoms with Crippen LogP contribution in [0.4, 0.5) is 11.8 Å². The Morgan fingerprint density at radius 3 is 2.61 bits per heavy atom. The minimum absolute atomic E-state index is 0.527. The van der Waals surface area contributed by atoms with Crippen LogP contribution in [0.5, 0.6) is 0 Å². The van der Waals surface area contributed by atoms with E-state index in [1.54, 1.807) is 12.3 Å². The van der Waals surface area contributed by atoms with E-state index in [0.29, 0.717) is 11.7 Å². The molecule has 1 aromatic heterocycles. The van der Waals surface area contributed by atoms with Crippen LogP contribution in [0.15, 0.2) is 42.6 Å². The first kappa shape index (κ1) is 15.7. The first-order valence-corrected chi connectivity index (χ1v) is 8.26. The quantitative estimate of drug-likeness (QED) is 0.919. The van der Waals surface area contributed by atoms with Crippen molar-refractivity contribution in [1.82, 2.24) is 14.9 Å². The van der Waals surface area contributed by atoms with E-state index in [2.05, 4.69) is 50.1 Å². The second-order valence-corrected chi connectivity index (χ2v) is 6.37. The van der Waals surface area contributed by atoms with E-state index < -0.39 is 0 Å². The molecule has 0 atom stereocenters. The molecular weight excluding hydrogens is 286 g/mol. The van der Waals surface area contributed by atoms with Gasteiger partial charge < -0.3 is 10.6 Å². The van der Waals surface area contributed by atoms with Gasteiger partial charge in [0.1, 0.15) is 5.82 Å². The van der Waals surface area contributed by atoms with E-state index in [9.17, 15) is 0 Å². The fourth-order valence-corrected chi connectivity index (χ4v) is 3.18. The highest BCUT2D eigenvalue weighted by molar-refractivity contribution is 5.36. The van der Waals surface area contributed by atoms with Crippen LogP contribution in [0.3, 0.4) is 0 Å². The smallest absolute Gasteiger partial charge is 0.226 e. The molecule has 5 heteroatoms. The first-order valence-electron chi connectivity index (χ1n) is 8.26. The lowest BCUT2D eigenvalue weighted by atomic mass is 9.96. The van der Waals surface area contributed by atoms with E-state index in [1.165, 1.54) is 18.4 Å². The topological polar surface area (TPSA) is 58.3 Å². The van der Waals surface area contributed by atoms with Crippen molar-refractivity contribution in [3.63, 3.8) is 0 Å². The molecule has 0 spiro atoms. The Kier molecular flexibility index (Phi) is 5.08. The number of piperidine rings is 1.